The molecule has 0 N–H and O–H groups in total. The third-order valence-corrected chi connectivity index (χ3v) is 9.26. The number of ether oxygens (including phenoxy) is 5. The van der Waals surface area contributed by atoms with Crippen LogP contribution < -0.4 is 11.2 Å². The van der Waals surface area contributed by atoms with Gasteiger partial charge in [0.25, 0.3) is 15.7 Å². The van der Waals surface area contributed by atoms with E-state index in [0.717, 1.165) is 75.2 Å². The zero-order valence-electron chi connectivity index (χ0n) is 27.0. The minimum Gasteiger partial charge on any atom is -0.353 e. The number of aromatic nitrogens is 2. The van der Waals surface area contributed by atoms with E-state index in [1.54, 1.807) is 13.1 Å². The second-order valence-electron chi connectivity index (χ2n) is 12.5. The molecule has 46 heavy (non-hydrogen) atoms. The largest absolute Gasteiger partial charge is 0.353 e. The molecule has 5 atom stereocenters. The number of hydrogen-bond acceptors (Lipinski definition) is 10. The molecule has 12 nitrogen and oxygen atoms in total. The predicted octanol–water partition coefficient (Wildman–Crippen LogP) is 3.95. The molecule has 3 aliphatic rings. The minimum atomic E-state index is -3.48. The van der Waals surface area contributed by atoms with Gasteiger partial charge in [0.15, 0.2) is 12.6 Å². The lowest BCUT2D eigenvalue weighted by Gasteiger charge is -2.29. The maximum Gasteiger partial charge on any atom is 0.333 e. The Morgan fingerprint density at radius 2 is 1.61 bits per heavy atom. The molecule has 3 fully saturated rings. The third-order valence-electron chi connectivity index (χ3n) is 8.72. The van der Waals surface area contributed by atoms with Crippen LogP contribution in [0, 0.1) is 6.92 Å². The topological polar surface area (TPSA) is 134 Å². The molecule has 2 unspecified atom stereocenters. The van der Waals surface area contributed by atoms with Gasteiger partial charge in [0, 0.05) is 37.9 Å². The van der Waals surface area contributed by atoms with Crippen molar-refractivity contribution in [2.45, 2.75) is 122 Å². The highest BCUT2D eigenvalue weighted by Gasteiger charge is 2.40. The van der Waals surface area contributed by atoms with Crippen molar-refractivity contribution in [3.63, 3.8) is 0 Å². The summed E-state index contributed by atoms with van der Waals surface area (Å²) in [5.41, 5.74) is 1.71. The van der Waals surface area contributed by atoms with E-state index in [-0.39, 0.29) is 37.5 Å². The van der Waals surface area contributed by atoms with E-state index in [1.165, 1.54) is 9.13 Å². The summed E-state index contributed by atoms with van der Waals surface area (Å²) in [6.07, 6.45) is 10.2. The summed E-state index contributed by atoms with van der Waals surface area (Å²) in [5.74, 6) is 0. The summed E-state index contributed by atoms with van der Waals surface area (Å²) in [4.78, 5) is 26.7. The van der Waals surface area contributed by atoms with E-state index in [2.05, 4.69) is 0 Å². The van der Waals surface area contributed by atoms with Crippen molar-refractivity contribution in [2.24, 2.45) is 0 Å². The van der Waals surface area contributed by atoms with Crippen molar-refractivity contribution in [1.82, 2.24) is 9.13 Å². The van der Waals surface area contributed by atoms with E-state index in [1.807, 2.05) is 24.3 Å². The first-order valence-electron chi connectivity index (χ1n) is 16.6. The van der Waals surface area contributed by atoms with Crippen LogP contribution in [0.4, 0.5) is 0 Å². The van der Waals surface area contributed by atoms with Crippen molar-refractivity contribution < 1.29 is 36.3 Å². The van der Waals surface area contributed by atoms with Gasteiger partial charge in [0.2, 0.25) is 0 Å². The fraction of sp³-hybridized carbons (Fsp3) is 0.697. The molecule has 0 saturated carbocycles. The highest BCUT2D eigenvalue weighted by Crippen LogP contribution is 2.33. The zero-order chi connectivity index (χ0) is 32.5. The van der Waals surface area contributed by atoms with Crippen LogP contribution in [0.1, 0.15) is 87.1 Å². The molecule has 0 aliphatic carbocycles. The second-order valence-corrected chi connectivity index (χ2v) is 14.2. The minimum absolute atomic E-state index is 0.0141. The van der Waals surface area contributed by atoms with Gasteiger partial charge in [-0.05, 0) is 75.8 Å². The molecule has 1 aromatic heterocycles. The molecule has 0 amide bonds. The first kappa shape index (κ1) is 34.9. The number of nitrogens with zero attached hydrogens (tertiary/aromatic N) is 2. The molecule has 4 heterocycles. The fourth-order valence-electron chi connectivity index (χ4n) is 6.14. The van der Waals surface area contributed by atoms with Crippen LogP contribution in [0.25, 0.3) is 0 Å². The molecule has 0 radical (unpaired) electrons. The monoisotopic (exact) mass is 664 g/mol. The van der Waals surface area contributed by atoms with Crippen LogP contribution in [-0.4, -0.2) is 68.4 Å². The number of hydrogen-bond donors (Lipinski definition) is 0. The van der Waals surface area contributed by atoms with Gasteiger partial charge in [0.05, 0.1) is 25.6 Å². The Morgan fingerprint density at radius 1 is 0.913 bits per heavy atom. The van der Waals surface area contributed by atoms with Crippen LogP contribution >= 0.6 is 0 Å². The predicted molar refractivity (Wildman–Crippen MR) is 170 cm³/mol. The van der Waals surface area contributed by atoms with Crippen LogP contribution in [0.5, 0.6) is 0 Å². The summed E-state index contributed by atoms with van der Waals surface area (Å²) >= 11 is 0. The molecular formula is C33H48N2O10S. The van der Waals surface area contributed by atoms with Gasteiger partial charge in [-0.15, -0.1) is 0 Å². The number of rotatable bonds is 15. The fourth-order valence-corrected chi connectivity index (χ4v) is 6.49. The van der Waals surface area contributed by atoms with E-state index in [4.69, 9.17) is 27.9 Å². The van der Waals surface area contributed by atoms with E-state index < -0.39 is 28.1 Å². The molecule has 3 aliphatic heterocycles. The molecule has 3 saturated heterocycles. The highest BCUT2D eigenvalue weighted by molar-refractivity contribution is 7.85. The van der Waals surface area contributed by atoms with E-state index in [9.17, 15) is 18.0 Å². The molecule has 5 rings (SSSR count). The third kappa shape index (κ3) is 10.1. The standard InChI is InChI=1S/C33H48N2O10S/c1-24-21-35(29-20-27(45-31-12-6-9-19-41-31)28(44-29)23-42-30-11-5-8-18-40-30)33(37)34(32(24)36)17-7-3-4-10-25-13-15-26(16-14-25)22-43-46(2,38)39/h13-16,21,27-31H,3-12,17-20,22-23H2,1-2H3/t27-,28+,29+,30?,31?/m0/s1. The van der Waals surface area contributed by atoms with Gasteiger partial charge < -0.3 is 23.7 Å². The maximum absolute atomic E-state index is 13.7. The van der Waals surface area contributed by atoms with Gasteiger partial charge in [-0.2, -0.15) is 8.42 Å². The Balaban J connectivity index is 1.18. The Hall–Kier alpha value is -2.39. The van der Waals surface area contributed by atoms with Gasteiger partial charge in [-0.25, -0.2) is 4.79 Å². The zero-order valence-corrected chi connectivity index (χ0v) is 27.8. The Kier molecular flexibility index (Phi) is 12.6. The van der Waals surface area contributed by atoms with Gasteiger partial charge >= 0.3 is 5.69 Å². The Morgan fingerprint density at radius 3 is 2.28 bits per heavy atom. The van der Waals surface area contributed by atoms with Crippen molar-refractivity contribution in [2.75, 3.05) is 26.1 Å². The second kappa shape index (κ2) is 16.6. The first-order valence-corrected chi connectivity index (χ1v) is 18.4. The molecule has 1 aromatic carbocycles. The van der Waals surface area contributed by atoms with E-state index in [0.29, 0.717) is 38.2 Å². The molecule has 256 valence electrons. The number of benzene rings is 1. The summed E-state index contributed by atoms with van der Waals surface area (Å²) < 4.78 is 60.5. The average Bonchev–Trinajstić information content (AvgIpc) is 3.45. The van der Waals surface area contributed by atoms with Crippen LogP contribution in [-0.2, 0) is 57.6 Å². The van der Waals surface area contributed by atoms with Crippen LogP contribution in [0.3, 0.4) is 0 Å². The van der Waals surface area contributed by atoms with E-state index >= 15 is 0 Å². The lowest BCUT2D eigenvalue weighted by atomic mass is 10.1. The summed E-state index contributed by atoms with van der Waals surface area (Å²) in [6, 6.07) is 7.64. The van der Waals surface area contributed by atoms with Crippen molar-refractivity contribution in [1.29, 1.82) is 0 Å². The van der Waals surface area contributed by atoms with Gasteiger partial charge in [-0.3, -0.25) is 18.1 Å². The number of unbranched alkanes of at least 4 members (excludes halogenated alkanes) is 2. The lowest BCUT2D eigenvalue weighted by molar-refractivity contribution is -0.216. The normalized spacial score (nSPS) is 25.6. The van der Waals surface area contributed by atoms with Crippen LogP contribution in [0.15, 0.2) is 40.1 Å². The van der Waals surface area contributed by atoms with Crippen molar-refractivity contribution in [3.05, 3.63) is 68.0 Å². The maximum atomic E-state index is 13.7. The quantitative estimate of drug-likeness (QED) is 0.204. The van der Waals surface area contributed by atoms with Gasteiger partial charge in [-0.1, -0.05) is 30.7 Å². The smallest absolute Gasteiger partial charge is 0.333 e. The van der Waals surface area contributed by atoms with Gasteiger partial charge in [0.1, 0.15) is 12.3 Å². The summed E-state index contributed by atoms with van der Waals surface area (Å²) in [7, 11) is -3.48. The van der Waals surface area contributed by atoms with Crippen molar-refractivity contribution >= 4 is 10.1 Å². The average molecular weight is 665 g/mol. The lowest BCUT2D eigenvalue weighted by Crippen LogP contribution is -2.42. The molecular weight excluding hydrogens is 616 g/mol. The Bertz CT molecular complexity index is 1480. The molecule has 0 spiro atoms. The Labute approximate surface area is 271 Å². The summed E-state index contributed by atoms with van der Waals surface area (Å²) in [6.45, 7) is 3.68. The summed E-state index contributed by atoms with van der Waals surface area (Å²) in [5, 5.41) is 0. The molecule has 0 bridgehead atoms. The highest BCUT2D eigenvalue weighted by atomic mass is 32.2. The van der Waals surface area contributed by atoms with Crippen molar-refractivity contribution in [3.8, 4) is 0 Å². The first-order chi connectivity index (χ1) is 22.2. The molecule has 13 heteroatoms. The van der Waals surface area contributed by atoms with Crippen LogP contribution in [0.2, 0.25) is 0 Å². The number of aryl methyl sites for hydroxylation is 2. The molecule has 2 aromatic rings. The SMILES string of the molecule is Cc1cn([C@H]2C[C@H](OC3CCCCO3)[C@@H](COC3CCCCO3)O2)c(=O)n(CCCCCc2ccc(COS(C)(=O)=O)cc2)c1=O.